The number of hydrogen-bond acceptors (Lipinski definition) is 4. The minimum Gasteiger partial charge on any atom is -0.233 e. The molecule has 0 amide bonds. The van der Waals surface area contributed by atoms with E-state index in [0.29, 0.717) is 0 Å². The van der Waals surface area contributed by atoms with Gasteiger partial charge in [-0.1, -0.05) is 0 Å². The number of rotatable bonds is 2. The average molecular weight is 116 g/mol. The van der Waals surface area contributed by atoms with Gasteiger partial charge in [-0.05, 0) is 0 Å². The van der Waals surface area contributed by atoms with Gasteiger partial charge in [-0.2, -0.15) is 10.7 Å². The second kappa shape index (κ2) is 2.76. The molecule has 6 nitrogen and oxygen atoms in total. The van der Waals surface area contributed by atoms with Gasteiger partial charge in [-0.15, -0.1) is 0 Å². The van der Waals surface area contributed by atoms with Gasteiger partial charge in [0, 0.05) is 7.05 Å². The Labute approximate surface area is 45.4 Å². The zero-order valence-corrected chi connectivity index (χ0v) is 4.16. The quantitative estimate of drug-likeness (QED) is 0.219. The predicted molar refractivity (Wildman–Crippen MR) is 23.5 cm³/mol. The van der Waals surface area contributed by atoms with Gasteiger partial charge < -0.3 is 0 Å². The lowest BCUT2D eigenvalue weighted by atomic mass is 11.3. The van der Waals surface area contributed by atoms with Gasteiger partial charge in [0.25, 0.3) is 6.19 Å². The molecule has 0 aliphatic heterocycles. The Morgan fingerprint density at radius 2 is 2.50 bits per heavy atom. The van der Waals surface area contributed by atoms with E-state index in [1.165, 1.54) is 13.2 Å². The van der Waals surface area contributed by atoms with Crippen molar-refractivity contribution in [3.63, 3.8) is 0 Å². The highest BCUT2D eigenvalue weighted by molar-refractivity contribution is 4.55. The molecule has 0 saturated carbocycles. The van der Waals surface area contributed by atoms with E-state index in [9.17, 15) is 10.1 Å². The first kappa shape index (κ1) is 6.65. The van der Waals surface area contributed by atoms with Crippen LogP contribution >= 0.6 is 0 Å². The smallest absolute Gasteiger partial charge is 0.233 e. The molecule has 0 rings (SSSR count). The predicted octanol–water partition coefficient (Wildman–Crippen LogP) is -0.904. The number of nitro groups is 1. The lowest BCUT2D eigenvalue weighted by molar-refractivity contribution is -0.649. The Morgan fingerprint density at radius 3 is 2.50 bits per heavy atom. The Kier molecular flexibility index (Phi) is 2.30. The molecule has 0 spiro atoms. The van der Waals surface area contributed by atoms with Crippen LogP contribution < -0.4 is 5.43 Å². The molecule has 0 saturated heterocycles. The van der Waals surface area contributed by atoms with Crippen LogP contribution in [0.2, 0.25) is 0 Å². The number of nitrogens with zero attached hydrogens (tertiary/aromatic N) is 3. The van der Waals surface area contributed by atoms with Crippen LogP contribution in [0.15, 0.2) is 0 Å². The molecule has 0 aromatic carbocycles. The van der Waals surface area contributed by atoms with Crippen LogP contribution in [-0.4, -0.2) is 17.2 Å². The highest BCUT2D eigenvalue weighted by Crippen LogP contribution is 1.72. The second-order valence-corrected chi connectivity index (χ2v) is 0.873. The lowest BCUT2D eigenvalue weighted by Crippen LogP contribution is -2.35. The van der Waals surface area contributed by atoms with Crippen LogP contribution in [0.25, 0.3) is 0 Å². The average Bonchev–Trinajstić information content (AvgIpc) is 1.69. The summed E-state index contributed by atoms with van der Waals surface area (Å²) in [6, 6.07) is 0. The van der Waals surface area contributed by atoms with Crippen LogP contribution in [0, 0.1) is 21.6 Å². The van der Waals surface area contributed by atoms with Crippen molar-refractivity contribution in [3.05, 3.63) is 10.1 Å². The summed E-state index contributed by atoms with van der Waals surface area (Å²) < 4.78 is 0. The number of hydrogen-bond donors (Lipinski definition) is 1. The van der Waals surface area contributed by atoms with Crippen LogP contribution in [0.5, 0.6) is 0 Å². The number of nitrogens with one attached hydrogen (secondary N) is 1. The molecule has 0 fully saturated rings. The van der Waals surface area contributed by atoms with Crippen LogP contribution in [0.4, 0.5) is 0 Å². The van der Waals surface area contributed by atoms with E-state index >= 15 is 0 Å². The van der Waals surface area contributed by atoms with E-state index in [0.717, 1.165) is 0 Å². The number of hydrazine groups is 2. The first-order chi connectivity index (χ1) is 3.72. The maximum Gasteiger partial charge on any atom is 0.266 e. The van der Waals surface area contributed by atoms with Crippen molar-refractivity contribution in [2.45, 2.75) is 0 Å². The fourth-order valence-corrected chi connectivity index (χ4v) is 0.168. The third-order valence-corrected chi connectivity index (χ3v) is 0.470. The normalized spacial score (nSPS) is 7.50. The standard InChI is InChI=1S/C2H4N4O2/c1-4-5(2-3)6(7)8/h4H,1H3. The van der Waals surface area contributed by atoms with Crippen LogP contribution in [0.3, 0.4) is 0 Å². The highest BCUT2D eigenvalue weighted by Gasteiger charge is 2.06. The number of nitriles is 1. The largest absolute Gasteiger partial charge is 0.266 e. The summed E-state index contributed by atoms with van der Waals surface area (Å²) in [6.07, 6.45) is 1.27. The molecule has 1 N–H and O–H groups in total. The van der Waals surface area contributed by atoms with E-state index in [4.69, 9.17) is 5.26 Å². The maximum absolute atomic E-state index is 9.61. The molecule has 44 valence electrons. The molecule has 0 heterocycles. The molecule has 0 aliphatic carbocycles. The van der Waals surface area contributed by atoms with E-state index in [2.05, 4.69) is 0 Å². The summed E-state index contributed by atoms with van der Waals surface area (Å²) in [4.78, 5) is 9.61. The summed E-state index contributed by atoms with van der Waals surface area (Å²) in [6.45, 7) is 0. The molecule has 6 heteroatoms. The molecular weight excluding hydrogens is 112 g/mol. The van der Waals surface area contributed by atoms with Gasteiger partial charge >= 0.3 is 0 Å². The maximum atomic E-state index is 9.61. The van der Waals surface area contributed by atoms with E-state index in [-0.39, 0.29) is 5.12 Å². The fourth-order valence-electron chi connectivity index (χ4n) is 0.168. The van der Waals surface area contributed by atoms with Gasteiger partial charge in [0.05, 0.1) is 5.12 Å². The Hall–Kier alpha value is -1.35. The summed E-state index contributed by atoms with van der Waals surface area (Å²) in [5.74, 6) is 0. The Bertz CT molecular complexity index is 126. The Morgan fingerprint density at radius 1 is 2.00 bits per heavy atom. The molecular formula is C2H4N4O2. The third kappa shape index (κ3) is 1.40. The van der Waals surface area contributed by atoms with Crippen molar-refractivity contribution in [1.82, 2.24) is 10.5 Å². The topological polar surface area (TPSA) is 82.2 Å². The highest BCUT2D eigenvalue weighted by atomic mass is 16.7. The molecule has 0 unspecified atom stereocenters. The molecule has 0 bridgehead atoms. The van der Waals surface area contributed by atoms with Crippen molar-refractivity contribution in [2.24, 2.45) is 0 Å². The van der Waals surface area contributed by atoms with Crippen molar-refractivity contribution in [3.8, 4) is 6.19 Å². The molecule has 0 aromatic heterocycles. The first-order valence-corrected chi connectivity index (χ1v) is 1.74. The zero-order valence-electron chi connectivity index (χ0n) is 4.16. The second-order valence-electron chi connectivity index (χ2n) is 0.873. The minimum absolute atomic E-state index is 0.194. The molecule has 0 atom stereocenters. The van der Waals surface area contributed by atoms with Crippen LogP contribution in [0.1, 0.15) is 0 Å². The minimum atomic E-state index is -0.861. The Balaban J connectivity index is 3.76. The molecule has 0 aromatic rings. The van der Waals surface area contributed by atoms with Crippen LogP contribution in [-0.2, 0) is 0 Å². The molecule has 0 aliphatic rings. The first-order valence-electron chi connectivity index (χ1n) is 1.74. The summed E-state index contributed by atoms with van der Waals surface area (Å²) in [7, 11) is 1.28. The van der Waals surface area contributed by atoms with Gasteiger partial charge in [-0.3, -0.25) is 0 Å². The van der Waals surface area contributed by atoms with Crippen molar-refractivity contribution >= 4 is 0 Å². The summed E-state index contributed by atoms with van der Waals surface area (Å²) in [5, 5.41) is 16.8. The van der Waals surface area contributed by atoms with E-state index in [1.54, 1.807) is 0 Å². The zero-order chi connectivity index (χ0) is 6.57. The van der Waals surface area contributed by atoms with E-state index in [1.807, 2.05) is 5.43 Å². The monoisotopic (exact) mass is 116 g/mol. The van der Waals surface area contributed by atoms with Crippen molar-refractivity contribution in [2.75, 3.05) is 7.05 Å². The summed E-state index contributed by atoms with van der Waals surface area (Å²) >= 11 is 0. The fraction of sp³-hybridized carbons (Fsp3) is 0.500. The van der Waals surface area contributed by atoms with Crippen molar-refractivity contribution in [1.29, 1.82) is 5.26 Å². The van der Waals surface area contributed by atoms with Gasteiger partial charge in [0.1, 0.15) is 0 Å². The lowest BCUT2D eigenvalue weighted by Gasteiger charge is -1.97. The van der Waals surface area contributed by atoms with E-state index < -0.39 is 5.03 Å². The van der Waals surface area contributed by atoms with Gasteiger partial charge in [-0.25, -0.2) is 10.1 Å². The SMILES string of the molecule is CNN(C#N)[N+](=O)[O-]. The molecule has 8 heavy (non-hydrogen) atoms. The van der Waals surface area contributed by atoms with Gasteiger partial charge in [0.15, 0.2) is 5.03 Å². The molecule has 0 radical (unpaired) electrons. The van der Waals surface area contributed by atoms with Crippen molar-refractivity contribution < 1.29 is 5.03 Å². The third-order valence-electron chi connectivity index (χ3n) is 0.470. The summed E-state index contributed by atoms with van der Waals surface area (Å²) in [5.41, 5.74) is 2.02. The van der Waals surface area contributed by atoms with Gasteiger partial charge in [0.2, 0.25) is 0 Å².